The van der Waals surface area contributed by atoms with E-state index in [1.807, 2.05) is 18.4 Å². The summed E-state index contributed by atoms with van der Waals surface area (Å²) < 4.78 is 5.25. The minimum absolute atomic E-state index is 0.0834. The van der Waals surface area contributed by atoms with E-state index >= 15 is 0 Å². The first-order valence-electron chi connectivity index (χ1n) is 6.14. The molecule has 0 amide bonds. The Bertz CT molecular complexity index is 446. The van der Waals surface area contributed by atoms with Gasteiger partial charge in [0.15, 0.2) is 0 Å². The molecule has 0 unspecified atom stereocenters. The van der Waals surface area contributed by atoms with Crippen molar-refractivity contribution >= 4 is 0 Å². The van der Waals surface area contributed by atoms with Crippen LogP contribution in [0.2, 0.25) is 0 Å². The van der Waals surface area contributed by atoms with Crippen LogP contribution in [0.15, 0.2) is 12.1 Å². The first kappa shape index (κ1) is 14.6. The quantitative estimate of drug-likeness (QED) is 0.689. The molecular weight excluding hydrogens is 222 g/mol. The van der Waals surface area contributed by atoms with Crippen LogP contribution in [0.25, 0.3) is 0 Å². The van der Waals surface area contributed by atoms with Crippen LogP contribution in [0.5, 0.6) is 5.75 Å². The zero-order valence-electron chi connectivity index (χ0n) is 12.2. The standard InChI is InChI=1S/C16H22NO/c1-11-8-12(15(2,3)4)14(18-10-17)13(9-11)16(5,6)7/h8-9H,1H2,2-7H3. The number of nitrogens with zero attached hydrogens (tertiary/aromatic N) is 1. The van der Waals surface area contributed by atoms with Crippen molar-refractivity contribution in [2.45, 2.75) is 52.4 Å². The minimum Gasteiger partial charge on any atom is -0.387 e. The van der Waals surface area contributed by atoms with E-state index in [-0.39, 0.29) is 10.8 Å². The summed E-state index contributed by atoms with van der Waals surface area (Å²) in [6, 6.07) is 4.00. The first-order chi connectivity index (χ1) is 8.07. The number of benzene rings is 1. The van der Waals surface area contributed by atoms with E-state index in [1.54, 1.807) is 0 Å². The molecular formula is C16H22NO. The maximum absolute atomic E-state index is 8.88. The van der Waals surface area contributed by atoms with Gasteiger partial charge in [0.2, 0.25) is 0 Å². The summed E-state index contributed by atoms with van der Waals surface area (Å²) in [7, 11) is 0. The fraction of sp³-hybridized carbons (Fsp3) is 0.500. The Kier molecular flexibility index (Phi) is 3.76. The summed E-state index contributed by atoms with van der Waals surface area (Å²) in [5, 5.41) is 8.88. The third-order valence-electron chi connectivity index (χ3n) is 2.91. The Morgan fingerprint density at radius 2 is 1.39 bits per heavy atom. The Labute approximate surface area is 111 Å². The second kappa shape index (κ2) is 4.65. The van der Waals surface area contributed by atoms with E-state index in [9.17, 15) is 0 Å². The van der Waals surface area contributed by atoms with Crippen LogP contribution in [-0.2, 0) is 10.8 Å². The van der Waals surface area contributed by atoms with Gasteiger partial charge in [-0.2, -0.15) is 0 Å². The fourth-order valence-corrected chi connectivity index (χ4v) is 1.96. The normalized spacial score (nSPS) is 12.1. The van der Waals surface area contributed by atoms with Crippen LogP contribution in [0.4, 0.5) is 0 Å². The van der Waals surface area contributed by atoms with Crippen molar-refractivity contribution in [2.24, 2.45) is 0 Å². The van der Waals surface area contributed by atoms with E-state index in [1.165, 1.54) is 0 Å². The largest absolute Gasteiger partial charge is 0.387 e. The van der Waals surface area contributed by atoms with Crippen LogP contribution < -0.4 is 4.74 Å². The Morgan fingerprint density at radius 1 is 1.00 bits per heavy atom. The lowest BCUT2D eigenvalue weighted by Crippen LogP contribution is -2.19. The van der Waals surface area contributed by atoms with Gasteiger partial charge in [-0.05, 0) is 23.3 Å². The smallest absolute Gasteiger partial charge is 0.292 e. The molecule has 1 radical (unpaired) electrons. The molecule has 0 heterocycles. The SMILES string of the molecule is [CH2]c1cc(C(C)(C)C)c(OC#N)c(C(C)(C)C)c1. The molecule has 0 saturated heterocycles. The number of ether oxygens (including phenoxy) is 1. The molecule has 18 heavy (non-hydrogen) atoms. The molecule has 1 aromatic carbocycles. The van der Waals surface area contributed by atoms with Gasteiger partial charge in [0.25, 0.3) is 6.26 Å². The van der Waals surface area contributed by atoms with Gasteiger partial charge < -0.3 is 4.74 Å². The lowest BCUT2D eigenvalue weighted by atomic mass is 9.78. The number of rotatable bonds is 1. The van der Waals surface area contributed by atoms with Gasteiger partial charge in [-0.1, -0.05) is 53.7 Å². The first-order valence-corrected chi connectivity index (χ1v) is 6.14. The van der Waals surface area contributed by atoms with Crippen molar-refractivity contribution < 1.29 is 4.74 Å². The number of hydrogen-bond acceptors (Lipinski definition) is 2. The summed E-state index contributed by atoms with van der Waals surface area (Å²) in [5.74, 6) is 0.685. The summed E-state index contributed by atoms with van der Waals surface area (Å²) in [4.78, 5) is 0. The molecule has 0 aliphatic heterocycles. The average molecular weight is 244 g/mol. The van der Waals surface area contributed by atoms with Crippen molar-refractivity contribution in [2.75, 3.05) is 0 Å². The highest BCUT2D eigenvalue weighted by molar-refractivity contribution is 5.51. The molecule has 0 saturated carbocycles. The number of hydrogen-bond donors (Lipinski definition) is 0. The zero-order chi connectivity index (χ0) is 14.1. The molecule has 0 spiro atoms. The van der Waals surface area contributed by atoms with Crippen LogP contribution in [-0.4, -0.2) is 0 Å². The molecule has 2 heteroatoms. The molecule has 0 aliphatic carbocycles. The van der Waals surface area contributed by atoms with Crippen molar-refractivity contribution in [3.63, 3.8) is 0 Å². The highest BCUT2D eigenvalue weighted by Gasteiger charge is 2.27. The van der Waals surface area contributed by atoms with Crippen LogP contribution in [0.3, 0.4) is 0 Å². The van der Waals surface area contributed by atoms with Gasteiger partial charge in [0, 0.05) is 11.1 Å². The molecule has 2 nitrogen and oxygen atoms in total. The predicted molar refractivity (Wildman–Crippen MR) is 74.5 cm³/mol. The monoisotopic (exact) mass is 244 g/mol. The predicted octanol–water partition coefficient (Wildman–Crippen LogP) is 4.32. The van der Waals surface area contributed by atoms with Crippen molar-refractivity contribution in [1.29, 1.82) is 5.26 Å². The highest BCUT2D eigenvalue weighted by atomic mass is 16.5. The zero-order valence-corrected chi connectivity index (χ0v) is 12.2. The van der Waals surface area contributed by atoms with E-state index in [2.05, 4.69) is 48.5 Å². The summed E-state index contributed by atoms with van der Waals surface area (Å²) in [5.41, 5.74) is 2.85. The van der Waals surface area contributed by atoms with Crippen LogP contribution in [0.1, 0.15) is 58.2 Å². The van der Waals surface area contributed by atoms with Crippen molar-refractivity contribution in [3.8, 4) is 12.0 Å². The molecule has 0 atom stereocenters. The maximum atomic E-state index is 8.88. The van der Waals surface area contributed by atoms with E-state index < -0.39 is 0 Å². The third-order valence-corrected chi connectivity index (χ3v) is 2.91. The topological polar surface area (TPSA) is 33.0 Å². The molecule has 1 rings (SSSR count). The fourth-order valence-electron chi connectivity index (χ4n) is 1.96. The van der Waals surface area contributed by atoms with Gasteiger partial charge in [-0.15, -0.1) is 5.26 Å². The molecule has 0 N–H and O–H groups in total. The highest BCUT2D eigenvalue weighted by Crippen LogP contribution is 2.40. The lowest BCUT2D eigenvalue weighted by molar-refractivity contribution is 0.448. The van der Waals surface area contributed by atoms with E-state index in [0.717, 1.165) is 16.7 Å². The maximum Gasteiger partial charge on any atom is 0.292 e. The Morgan fingerprint density at radius 3 is 1.67 bits per heavy atom. The molecule has 1 aromatic rings. The number of nitriles is 1. The van der Waals surface area contributed by atoms with Crippen LogP contribution >= 0.6 is 0 Å². The summed E-state index contributed by atoms with van der Waals surface area (Å²) in [6.45, 7) is 16.7. The van der Waals surface area contributed by atoms with Crippen molar-refractivity contribution in [3.05, 3.63) is 35.7 Å². The van der Waals surface area contributed by atoms with Gasteiger partial charge in [0.1, 0.15) is 5.75 Å². The van der Waals surface area contributed by atoms with Crippen LogP contribution in [0, 0.1) is 18.4 Å². The second-order valence-electron chi connectivity index (χ2n) is 6.71. The third kappa shape index (κ3) is 3.04. The van der Waals surface area contributed by atoms with Gasteiger partial charge in [-0.3, -0.25) is 0 Å². The molecule has 97 valence electrons. The van der Waals surface area contributed by atoms with E-state index in [4.69, 9.17) is 10.00 Å². The Balaban J connectivity index is 3.63. The average Bonchev–Trinajstić information content (AvgIpc) is 2.17. The molecule has 0 bridgehead atoms. The summed E-state index contributed by atoms with van der Waals surface area (Å²) >= 11 is 0. The Hall–Kier alpha value is -1.49. The van der Waals surface area contributed by atoms with E-state index in [0.29, 0.717) is 5.75 Å². The van der Waals surface area contributed by atoms with Gasteiger partial charge >= 0.3 is 0 Å². The molecule has 0 fully saturated rings. The van der Waals surface area contributed by atoms with Gasteiger partial charge in [-0.25, -0.2) is 0 Å². The lowest BCUT2D eigenvalue weighted by Gasteiger charge is -2.28. The molecule has 0 aliphatic rings. The summed E-state index contributed by atoms with van der Waals surface area (Å²) in [6.07, 6.45) is 1.81. The minimum atomic E-state index is -0.0834. The van der Waals surface area contributed by atoms with Crippen molar-refractivity contribution in [1.82, 2.24) is 0 Å². The molecule has 0 aromatic heterocycles. The van der Waals surface area contributed by atoms with Gasteiger partial charge in [0.05, 0.1) is 0 Å². The second-order valence-corrected chi connectivity index (χ2v) is 6.71.